The SMILES string of the molecule is OCc1c[c]ccc1N1CCC(O)CC1. The van der Waals surface area contributed by atoms with E-state index in [0.29, 0.717) is 0 Å². The molecule has 0 atom stereocenters. The van der Waals surface area contributed by atoms with Crippen molar-refractivity contribution in [2.45, 2.75) is 25.6 Å². The molecule has 3 nitrogen and oxygen atoms in total. The van der Waals surface area contributed by atoms with Gasteiger partial charge in [0.2, 0.25) is 0 Å². The lowest BCUT2D eigenvalue weighted by Crippen LogP contribution is -2.36. The molecular weight excluding hydrogens is 190 g/mol. The van der Waals surface area contributed by atoms with Crippen LogP contribution >= 0.6 is 0 Å². The second-order valence-corrected chi connectivity index (χ2v) is 3.93. The van der Waals surface area contributed by atoms with E-state index in [4.69, 9.17) is 0 Å². The van der Waals surface area contributed by atoms with Crippen LogP contribution in [0.5, 0.6) is 0 Å². The molecule has 0 amide bonds. The number of hydrogen-bond donors (Lipinski definition) is 2. The molecule has 1 aromatic rings. The maximum absolute atomic E-state index is 9.42. The van der Waals surface area contributed by atoms with Crippen molar-refractivity contribution >= 4 is 5.69 Å². The Balaban J connectivity index is 2.15. The first kappa shape index (κ1) is 10.5. The monoisotopic (exact) mass is 206 g/mol. The molecule has 2 N–H and O–H groups in total. The molecule has 0 bridgehead atoms. The summed E-state index contributed by atoms with van der Waals surface area (Å²) in [6.45, 7) is 1.77. The number of aliphatic hydroxyl groups is 2. The second-order valence-electron chi connectivity index (χ2n) is 3.93. The third-order valence-electron chi connectivity index (χ3n) is 2.90. The minimum atomic E-state index is -0.158. The van der Waals surface area contributed by atoms with Gasteiger partial charge in [0, 0.05) is 24.3 Å². The van der Waals surface area contributed by atoms with Crippen LogP contribution in [0.1, 0.15) is 18.4 Å². The van der Waals surface area contributed by atoms with Gasteiger partial charge in [-0.1, -0.05) is 6.07 Å². The van der Waals surface area contributed by atoms with Gasteiger partial charge in [0.25, 0.3) is 0 Å². The molecule has 1 heterocycles. The quantitative estimate of drug-likeness (QED) is 0.757. The van der Waals surface area contributed by atoms with Crippen LogP contribution in [0.3, 0.4) is 0 Å². The standard InChI is InChI=1S/C12H16NO2/c14-9-10-3-1-2-4-12(10)13-7-5-11(15)6-8-13/h2-4,11,14-15H,5-9H2. The number of rotatable bonds is 2. The van der Waals surface area contributed by atoms with E-state index in [9.17, 15) is 10.2 Å². The summed E-state index contributed by atoms with van der Waals surface area (Å²) in [5, 5.41) is 18.6. The number of nitrogens with zero attached hydrogens (tertiary/aromatic N) is 1. The first-order valence-electron chi connectivity index (χ1n) is 5.34. The fraction of sp³-hybridized carbons (Fsp3) is 0.500. The highest BCUT2D eigenvalue weighted by Gasteiger charge is 2.18. The van der Waals surface area contributed by atoms with Gasteiger partial charge in [0.15, 0.2) is 0 Å². The van der Waals surface area contributed by atoms with E-state index >= 15 is 0 Å². The molecule has 0 aliphatic carbocycles. The highest BCUT2D eigenvalue weighted by atomic mass is 16.3. The lowest BCUT2D eigenvalue weighted by molar-refractivity contribution is 0.145. The molecule has 1 radical (unpaired) electrons. The van der Waals surface area contributed by atoms with Gasteiger partial charge in [0.1, 0.15) is 0 Å². The Labute approximate surface area is 90.0 Å². The Morgan fingerprint density at radius 1 is 1.40 bits per heavy atom. The van der Waals surface area contributed by atoms with Gasteiger partial charge in [-0.2, -0.15) is 0 Å². The average molecular weight is 206 g/mol. The molecule has 1 aliphatic heterocycles. The molecule has 0 saturated carbocycles. The third kappa shape index (κ3) is 2.30. The summed E-state index contributed by atoms with van der Waals surface area (Å²) in [5.41, 5.74) is 1.98. The molecule has 1 aliphatic rings. The van der Waals surface area contributed by atoms with E-state index in [-0.39, 0.29) is 12.7 Å². The van der Waals surface area contributed by atoms with Crippen molar-refractivity contribution in [1.29, 1.82) is 0 Å². The van der Waals surface area contributed by atoms with Crippen LogP contribution in [0.2, 0.25) is 0 Å². The zero-order chi connectivity index (χ0) is 10.7. The summed E-state index contributed by atoms with van der Waals surface area (Å²) in [6.07, 6.45) is 1.46. The number of aliphatic hydroxyl groups excluding tert-OH is 2. The van der Waals surface area contributed by atoms with Crippen LogP contribution in [-0.4, -0.2) is 29.4 Å². The number of piperidine rings is 1. The molecule has 0 unspecified atom stereocenters. The van der Waals surface area contributed by atoms with Gasteiger partial charge >= 0.3 is 0 Å². The zero-order valence-electron chi connectivity index (χ0n) is 8.69. The Morgan fingerprint density at radius 2 is 2.13 bits per heavy atom. The minimum absolute atomic E-state index is 0.0473. The van der Waals surface area contributed by atoms with Crippen molar-refractivity contribution < 1.29 is 10.2 Å². The molecule has 3 heteroatoms. The lowest BCUT2D eigenvalue weighted by atomic mass is 10.1. The number of anilines is 1. The van der Waals surface area contributed by atoms with E-state index < -0.39 is 0 Å². The van der Waals surface area contributed by atoms with Crippen molar-refractivity contribution in [3.63, 3.8) is 0 Å². The highest BCUT2D eigenvalue weighted by molar-refractivity contribution is 5.53. The average Bonchev–Trinajstić information content (AvgIpc) is 2.30. The lowest BCUT2D eigenvalue weighted by Gasteiger charge is -2.32. The zero-order valence-corrected chi connectivity index (χ0v) is 8.69. The molecule has 1 aromatic carbocycles. The molecule has 1 fully saturated rings. The van der Waals surface area contributed by atoms with E-state index in [2.05, 4.69) is 11.0 Å². The summed E-state index contributed by atoms with van der Waals surface area (Å²) in [7, 11) is 0. The van der Waals surface area contributed by atoms with Gasteiger partial charge < -0.3 is 15.1 Å². The van der Waals surface area contributed by atoms with Crippen LogP contribution in [-0.2, 0) is 6.61 Å². The van der Waals surface area contributed by atoms with E-state index in [1.807, 2.05) is 18.2 Å². The van der Waals surface area contributed by atoms with Crippen LogP contribution in [0.4, 0.5) is 5.69 Å². The summed E-state index contributed by atoms with van der Waals surface area (Å²) >= 11 is 0. The Kier molecular flexibility index (Phi) is 3.23. The highest BCUT2D eigenvalue weighted by Crippen LogP contribution is 2.23. The topological polar surface area (TPSA) is 43.7 Å². The van der Waals surface area contributed by atoms with Crippen molar-refractivity contribution in [2.75, 3.05) is 18.0 Å². The predicted octanol–water partition coefficient (Wildman–Crippen LogP) is 0.940. The molecule has 81 valence electrons. The molecule has 0 aromatic heterocycles. The summed E-state index contributed by atoms with van der Waals surface area (Å²) in [5.74, 6) is 0. The normalized spacial score (nSPS) is 18.1. The van der Waals surface area contributed by atoms with Gasteiger partial charge in [0.05, 0.1) is 12.7 Å². The van der Waals surface area contributed by atoms with Gasteiger partial charge in [-0.3, -0.25) is 0 Å². The Bertz CT molecular complexity index is 319. The molecule has 2 rings (SSSR count). The van der Waals surface area contributed by atoms with Crippen LogP contribution < -0.4 is 4.90 Å². The smallest absolute Gasteiger partial charge is 0.0702 e. The molecule has 15 heavy (non-hydrogen) atoms. The van der Waals surface area contributed by atoms with Crippen LogP contribution in [0, 0.1) is 6.07 Å². The largest absolute Gasteiger partial charge is 0.393 e. The fourth-order valence-electron chi connectivity index (χ4n) is 2.00. The molecule has 0 spiro atoms. The number of hydrogen-bond acceptors (Lipinski definition) is 3. The first-order valence-corrected chi connectivity index (χ1v) is 5.34. The van der Waals surface area contributed by atoms with Gasteiger partial charge in [-0.15, -0.1) is 0 Å². The van der Waals surface area contributed by atoms with Gasteiger partial charge in [-0.05, 0) is 31.0 Å². The van der Waals surface area contributed by atoms with Crippen molar-refractivity contribution in [3.8, 4) is 0 Å². The first-order chi connectivity index (χ1) is 7.31. The number of benzene rings is 1. The second kappa shape index (κ2) is 4.64. The predicted molar refractivity (Wildman–Crippen MR) is 58.7 cm³/mol. The van der Waals surface area contributed by atoms with Gasteiger partial charge in [-0.25, -0.2) is 0 Å². The summed E-state index contributed by atoms with van der Waals surface area (Å²) < 4.78 is 0. The Hall–Kier alpha value is -1.06. The summed E-state index contributed by atoms with van der Waals surface area (Å²) in [4.78, 5) is 2.21. The maximum Gasteiger partial charge on any atom is 0.0702 e. The molecule has 1 saturated heterocycles. The van der Waals surface area contributed by atoms with E-state index in [0.717, 1.165) is 37.2 Å². The van der Waals surface area contributed by atoms with Crippen LogP contribution in [0.25, 0.3) is 0 Å². The van der Waals surface area contributed by atoms with Crippen molar-refractivity contribution in [2.24, 2.45) is 0 Å². The maximum atomic E-state index is 9.42. The summed E-state index contributed by atoms with van der Waals surface area (Å²) in [6, 6.07) is 8.62. The van der Waals surface area contributed by atoms with Crippen LogP contribution in [0.15, 0.2) is 18.2 Å². The van der Waals surface area contributed by atoms with Crippen molar-refractivity contribution in [1.82, 2.24) is 0 Å². The minimum Gasteiger partial charge on any atom is -0.393 e. The fourth-order valence-corrected chi connectivity index (χ4v) is 2.00. The Morgan fingerprint density at radius 3 is 2.80 bits per heavy atom. The van der Waals surface area contributed by atoms with E-state index in [1.54, 1.807) is 0 Å². The van der Waals surface area contributed by atoms with E-state index in [1.165, 1.54) is 0 Å². The van der Waals surface area contributed by atoms with Crippen molar-refractivity contribution in [3.05, 3.63) is 29.8 Å². The third-order valence-corrected chi connectivity index (χ3v) is 2.90. The molecular formula is C12H16NO2.